The molecule has 0 bridgehead atoms. The van der Waals surface area contributed by atoms with Crippen molar-refractivity contribution in [1.29, 1.82) is 0 Å². The molecule has 0 amide bonds. The highest BCUT2D eigenvalue weighted by molar-refractivity contribution is 6.30. The first-order valence-corrected chi connectivity index (χ1v) is 11.0. The SMILES string of the molecule is CC1(c2ccc(Cl)cc2F)Oc2cccc(C3CCN(Cc4ncc(C=O)[nH]4)CC3)c2O1. The maximum Gasteiger partial charge on any atom is 0.278 e. The molecule has 1 saturated heterocycles. The molecule has 2 aromatic carbocycles. The van der Waals surface area contributed by atoms with Crippen molar-refractivity contribution in [3.05, 3.63) is 76.1 Å². The van der Waals surface area contributed by atoms with Crippen LogP contribution in [-0.2, 0) is 12.3 Å². The first kappa shape index (κ1) is 21.0. The van der Waals surface area contributed by atoms with E-state index in [2.05, 4.69) is 20.9 Å². The van der Waals surface area contributed by atoms with Crippen LogP contribution in [0.2, 0.25) is 5.02 Å². The van der Waals surface area contributed by atoms with E-state index >= 15 is 0 Å². The maximum absolute atomic E-state index is 14.6. The van der Waals surface area contributed by atoms with Crippen molar-refractivity contribution in [2.45, 2.75) is 38.0 Å². The molecule has 1 fully saturated rings. The monoisotopic (exact) mass is 455 g/mol. The molecule has 2 aliphatic heterocycles. The number of ether oxygens (including phenoxy) is 2. The van der Waals surface area contributed by atoms with Gasteiger partial charge in [-0.05, 0) is 56.1 Å². The summed E-state index contributed by atoms with van der Waals surface area (Å²) in [5.41, 5.74) is 1.89. The topological polar surface area (TPSA) is 67.5 Å². The van der Waals surface area contributed by atoms with Gasteiger partial charge in [0.2, 0.25) is 0 Å². The lowest BCUT2D eigenvalue weighted by Gasteiger charge is -2.32. The molecular formula is C24H23ClFN3O3. The number of imidazole rings is 1. The molecule has 32 heavy (non-hydrogen) atoms. The van der Waals surface area contributed by atoms with Crippen molar-refractivity contribution < 1.29 is 18.7 Å². The Bertz CT molecular complexity index is 1160. The minimum Gasteiger partial charge on any atom is -0.444 e. The van der Waals surface area contributed by atoms with Crippen LogP contribution in [0.1, 0.15) is 53.1 Å². The van der Waals surface area contributed by atoms with Crippen molar-refractivity contribution in [3.8, 4) is 11.5 Å². The number of halogens is 2. The van der Waals surface area contributed by atoms with Crippen LogP contribution in [0.25, 0.3) is 0 Å². The smallest absolute Gasteiger partial charge is 0.278 e. The lowest BCUT2D eigenvalue weighted by molar-refractivity contribution is -0.0712. The number of nitrogens with one attached hydrogen (secondary N) is 1. The zero-order valence-electron chi connectivity index (χ0n) is 17.6. The third kappa shape index (κ3) is 3.87. The number of nitrogens with zero attached hydrogens (tertiary/aromatic N) is 2. The van der Waals surface area contributed by atoms with E-state index in [0.29, 0.717) is 40.2 Å². The molecule has 0 spiro atoms. The third-order valence-corrected chi connectivity index (χ3v) is 6.44. The molecule has 5 rings (SSSR count). The summed E-state index contributed by atoms with van der Waals surface area (Å²) in [6.07, 6.45) is 4.23. The highest BCUT2D eigenvalue weighted by Crippen LogP contribution is 2.49. The van der Waals surface area contributed by atoms with Crippen molar-refractivity contribution in [1.82, 2.24) is 14.9 Å². The molecular weight excluding hydrogens is 433 g/mol. The quantitative estimate of drug-likeness (QED) is 0.546. The number of carbonyl (C=O) groups excluding carboxylic acids is 1. The first-order chi connectivity index (χ1) is 15.4. The first-order valence-electron chi connectivity index (χ1n) is 10.6. The van der Waals surface area contributed by atoms with E-state index in [1.54, 1.807) is 25.3 Å². The highest BCUT2D eigenvalue weighted by atomic mass is 35.5. The van der Waals surface area contributed by atoms with Crippen molar-refractivity contribution in [2.75, 3.05) is 13.1 Å². The molecule has 0 aliphatic carbocycles. The number of rotatable bonds is 5. The Hall–Kier alpha value is -2.90. The molecule has 1 atom stereocenters. The van der Waals surface area contributed by atoms with Crippen LogP contribution in [0, 0.1) is 5.82 Å². The van der Waals surface area contributed by atoms with Gasteiger partial charge >= 0.3 is 0 Å². The summed E-state index contributed by atoms with van der Waals surface area (Å²) in [5.74, 6) is 0.707. The van der Waals surface area contributed by atoms with E-state index in [1.165, 1.54) is 6.07 Å². The van der Waals surface area contributed by atoms with Crippen LogP contribution >= 0.6 is 11.6 Å². The molecule has 0 saturated carbocycles. The summed E-state index contributed by atoms with van der Waals surface area (Å²) in [4.78, 5) is 20.4. The standard InChI is InChI=1S/C24H23ClFN3O3/c1-24(19-6-5-16(25)11-20(19)26)31-21-4-2-3-18(23(21)32-24)15-7-9-29(10-8-15)13-22-27-12-17(14-30)28-22/h2-6,11-12,14-15H,7-10,13H2,1H3,(H,27,28). The van der Waals surface area contributed by atoms with Gasteiger partial charge in [-0.2, -0.15) is 0 Å². The maximum atomic E-state index is 14.6. The van der Waals surface area contributed by atoms with Gasteiger partial charge < -0.3 is 14.5 Å². The van der Waals surface area contributed by atoms with Gasteiger partial charge in [-0.15, -0.1) is 0 Å². The number of hydrogen-bond acceptors (Lipinski definition) is 5. The fraction of sp³-hybridized carbons (Fsp3) is 0.333. The van der Waals surface area contributed by atoms with Crippen molar-refractivity contribution in [3.63, 3.8) is 0 Å². The summed E-state index contributed by atoms with van der Waals surface area (Å²) >= 11 is 5.91. The highest BCUT2D eigenvalue weighted by Gasteiger charge is 2.42. The Morgan fingerprint density at radius 3 is 2.81 bits per heavy atom. The number of piperidine rings is 1. The van der Waals surface area contributed by atoms with Crippen molar-refractivity contribution >= 4 is 17.9 Å². The zero-order chi connectivity index (χ0) is 22.3. The number of H-pyrrole nitrogens is 1. The Labute approximate surface area is 190 Å². The molecule has 166 valence electrons. The lowest BCUT2D eigenvalue weighted by atomic mass is 9.88. The van der Waals surface area contributed by atoms with Gasteiger partial charge in [-0.25, -0.2) is 9.37 Å². The predicted octanol–water partition coefficient (Wildman–Crippen LogP) is 5.04. The number of aromatic nitrogens is 2. The van der Waals surface area contributed by atoms with Gasteiger partial charge in [0.15, 0.2) is 17.8 Å². The van der Waals surface area contributed by atoms with Gasteiger partial charge in [0, 0.05) is 17.5 Å². The molecule has 2 aliphatic rings. The van der Waals surface area contributed by atoms with Gasteiger partial charge in [0.1, 0.15) is 11.6 Å². The van der Waals surface area contributed by atoms with Gasteiger partial charge in [0.25, 0.3) is 5.79 Å². The third-order valence-electron chi connectivity index (χ3n) is 6.21. The van der Waals surface area contributed by atoms with E-state index in [-0.39, 0.29) is 0 Å². The average Bonchev–Trinajstić information content (AvgIpc) is 3.37. The second kappa shape index (κ2) is 8.22. The number of carbonyl (C=O) groups is 1. The number of likely N-dealkylation sites (tertiary alicyclic amines) is 1. The lowest BCUT2D eigenvalue weighted by Crippen LogP contribution is -2.34. The molecule has 6 nitrogen and oxygen atoms in total. The van der Waals surface area contributed by atoms with Crippen LogP contribution in [-0.4, -0.2) is 34.2 Å². The van der Waals surface area contributed by atoms with Crippen LogP contribution < -0.4 is 9.47 Å². The second-order valence-corrected chi connectivity index (χ2v) is 8.84. The molecule has 3 heterocycles. The van der Waals surface area contributed by atoms with Gasteiger partial charge in [0.05, 0.1) is 24.0 Å². The van der Waals surface area contributed by atoms with E-state index in [1.807, 2.05) is 12.1 Å². The Morgan fingerprint density at radius 2 is 2.09 bits per heavy atom. The fourth-order valence-corrected chi connectivity index (χ4v) is 4.73. The number of fused-ring (bicyclic) bond motifs is 1. The second-order valence-electron chi connectivity index (χ2n) is 8.40. The molecule has 1 N–H and O–H groups in total. The summed E-state index contributed by atoms with van der Waals surface area (Å²) in [6.45, 7) is 4.20. The zero-order valence-corrected chi connectivity index (χ0v) is 18.4. The molecule has 0 radical (unpaired) electrons. The van der Waals surface area contributed by atoms with E-state index in [0.717, 1.165) is 43.6 Å². The molecule has 8 heteroatoms. The molecule has 1 unspecified atom stereocenters. The number of hydrogen-bond donors (Lipinski definition) is 1. The van der Waals surface area contributed by atoms with Gasteiger partial charge in [-0.1, -0.05) is 23.7 Å². The fourth-order valence-electron chi connectivity index (χ4n) is 4.57. The van der Waals surface area contributed by atoms with E-state index < -0.39 is 11.6 Å². The Balaban J connectivity index is 1.30. The number of para-hydroxylation sites is 1. The minimum atomic E-state index is -1.25. The summed E-state index contributed by atoms with van der Waals surface area (Å²) in [5, 5.41) is 0.328. The Morgan fingerprint density at radius 1 is 1.28 bits per heavy atom. The molecule has 1 aromatic heterocycles. The predicted molar refractivity (Wildman–Crippen MR) is 118 cm³/mol. The largest absolute Gasteiger partial charge is 0.444 e. The van der Waals surface area contributed by atoms with E-state index in [4.69, 9.17) is 21.1 Å². The van der Waals surface area contributed by atoms with Gasteiger partial charge in [-0.3, -0.25) is 9.69 Å². The normalized spacial score (nSPS) is 21.1. The van der Waals surface area contributed by atoms with Crippen molar-refractivity contribution in [2.24, 2.45) is 0 Å². The number of aromatic amines is 1. The van der Waals surface area contributed by atoms with E-state index in [9.17, 15) is 9.18 Å². The number of benzene rings is 2. The van der Waals surface area contributed by atoms with Crippen LogP contribution in [0.5, 0.6) is 11.5 Å². The summed E-state index contributed by atoms with van der Waals surface area (Å²) in [6, 6.07) is 10.4. The van der Waals surface area contributed by atoms with Crippen LogP contribution in [0.15, 0.2) is 42.6 Å². The molecule has 3 aromatic rings. The average molecular weight is 456 g/mol. The number of aldehydes is 1. The van der Waals surface area contributed by atoms with Crippen LogP contribution in [0.4, 0.5) is 4.39 Å². The minimum absolute atomic E-state index is 0.310. The summed E-state index contributed by atoms with van der Waals surface area (Å²) < 4.78 is 26.9. The summed E-state index contributed by atoms with van der Waals surface area (Å²) in [7, 11) is 0. The Kier molecular flexibility index (Phi) is 5.39. The van der Waals surface area contributed by atoms with Crippen LogP contribution in [0.3, 0.4) is 0 Å².